The molecule has 0 aliphatic heterocycles. The lowest BCUT2D eigenvalue weighted by molar-refractivity contribution is -0.148. The fraction of sp³-hybridized carbons (Fsp3) is 0.400. The molecule has 3 N–H and O–H groups in total. The number of benzene rings is 1. The van der Waals surface area contributed by atoms with E-state index >= 15 is 0 Å². The molecule has 1 aromatic carbocycles. The van der Waals surface area contributed by atoms with Crippen molar-refractivity contribution in [1.82, 2.24) is 5.32 Å². The van der Waals surface area contributed by atoms with E-state index in [-0.39, 0.29) is 6.42 Å². The summed E-state index contributed by atoms with van der Waals surface area (Å²) in [6.45, 7) is 2.16. The molecule has 0 fully saturated rings. The number of urea groups is 1. The Balaban J connectivity index is 2.23. The van der Waals surface area contributed by atoms with Gasteiger partial charge in [0.05, 0.1) is 13.2 Å². The van der Waals surface area contributed by atoms with Crippen molar-refractivity contribution < 1.29 is 28.6 Å². The Morgan fingerprint density at radius 2 is 1.78 bits per heavy atom. The number of hydrogen-bond donors (Lipinski definition) is 2. The van der Waals surface area contributed by atoms with Crippen LogP contribution >= 0.6 is 0 Å². The summed E-state index contributed by atoms with van der Waals surface area (Å²) in [6.07, 6.45) is 0.497. The number of amides is 3. The van der Waals surface area contributed by atoms with E-state index in [4.69, 9.17) is 15.2 Å². The van der Waals surface area contributed by atoms with Gasteiger partial charge >= 0.3 is 12.0 Å². The maximum Gasteiger partial charge on any atom is 0.318 e. The van der Waals surface area contributed by atoms with Crippen LogP contribution in [-0.2, 0) is 14.3 Å². The summed E-state index contributed by atoms with van der Waals surface area (Å²) in [6, 6.07) is 6.24. The van der Waals surface area contributed by atoms with Crippen LogP contribution in [0.25, 0.3) is 0 Å². The van der Waals surface area contributed by atoms with Crippen molar-refractivity contribution in [3.63, 3.8) is 0 Å². The SMILES string of the molecule is CCOc1ccccc1OCCCC(=O)OCC(=O)NC(N)=O. The van der Waals surface area contributed by atoms with E-state index in [0.29, 0.717) is 31.1 Å². The van der Waals surface area contributed by atoms with E-state index in [1.54, 1.807) is 17.4 Å². The molecule has 0 aliphatic rings. The van der Waals surface area contributed by atoms with Crippen molar-refractivity contribution in [3.8, 4) is 11.5 Å². The minimum atomic E-state index is -0.993. The molecule has 3 amide bonds. The van der Waals surface area contributed by atoms with E-state index in [0.717, 1.165) is 0 Å². The first-order chi connectivity index (χ1) is 11.0. The summed E-state index contributed by atoms with van der Waals surface area (Å²) >= 11 is 0. The Hall–Kier alpha value is -2.77. The van der Waals surface area contributed by atoms with Crippen LogP contribution in [0.1, 0.15) is 19.8 Å². The molecule has 0 aromatic heterocycles. The van der Waals surface area contributed by atoms with E-state index in [1.165, 1.54) is 0 Å². The maximum absolute atomic E-state index is 11.4. The zero-order chi connectivity index (χ0) is 17.1. The zero-order valence-corrected chi connectivity index (χ0v) is 12.9. The number of ether oxygens (including phenoxy) is 3. The summed E-state index contributed by atoms with van der Waals surface area (Å²) in [4.78, 5) is 32.9. The fourth-order valence-corrected chi connectivity index (χ4v) is 1.63. The lowest BCUT2D eigenvalue weighted by Gasteiger charge is -2.11. The highest BCUT2D eigenvalue weighted by molar-refractivity contribution is 5.94. The van der Waals surface area contributed by atoms with Gasteiger partial charge in [0.1, 0.15) is 0 Å². The van der Waals surface area contributed by atoms with Crippen molar-refractivity contribution in [2.45, 2.75) is 19.8 Å². The Morgan fingerprint density at radius 3 is 2.39 bits per heavy atom. The lowest BCUT2D eigenvalue weighted by Crippen LogP contribution is -2.37. The minimum Gasteiger partial charge on any atom is -0.490 e. The number of carbonyl (C=O) groups is 3. The molecule has 126 valence electrons. The van der Waals surface area contributed by atoms with Crippen molar-refractivity contribution in [2.24, 2.45) is 5.73 Å². The molecule has 0 saturated heterocycles. The van der Waals surface area contributed by atoms with Crippen LogP contribution in [0, 0.1) is 0 Å². The lowest BCUT2D eigenvalue weighted by atomic mass is 10.3. The predicted octanol–water partition coefficient (Wildman–Crippen LogP) is 0.982. The fourth-order valence-electron chi connectivity index (χ4n) is 1.63. The van der Waals surface area contributed by atoms with Crippen molar-refractivity contribution in [1.29, 1.82) is 0 Å². The number of nitrogens with two attached hydrogens (primary N) is 1. The second-order valence-corrected chi connectivity index (χ2v) is 4.40. The minimum absolute atomic E-state index is 0.0840. The molecule has 0 aliphatic carbocycles. The largest absolute Gasteiger partial charge is 0.490 e. The van der Waals surface area contributed by atoms with Crippen LogP contribution in [0.4, 0.5) is 4.79 Å². The van der Waals surface area contributed by atoms with Crippen molar-refractivity contribution >= 4 is 17.9 Å². The second-order valence-electron chi connectivity index (χ2n) is 4.40. The third kappa shape index (κ3) is 7.70. The topological polar surface area (TPSA) is 117 Å². The molecule has 0 radical (unpaired) electrons. The number of hydrogen-bond acceptors (Lipinski definition) is 6. The number of primary amides is 1. The zero-order valence-electron chi connectivity index (χ0n) is 12.9. The average Bonchev–Trinajstić information content (AvgIpc) is 2.50. The molecule has 1 aromatic rings. The number of para-hydroxylation sites is 2. The summed E-state index contributed by atoms with van der Waals surface area (Å²) < 4.78 is 15.6. The summed E-state index contributed by atoms with van der Waals surface area (Å²) in [5.74, 6) is -0.0942. The summed E-state index contributed by atoms with van der Waals surface area (Å²) in [5.41, 5.74) is 4.75. The van der Waals surface area contributed by atoms with Gasteiger partial charge in [-0.05, 0) is 25.5 Å². The highest BCUT2D eigenvalue weighted by atomic mass is 16.5. The van der Waals surface area contributed by atoms with Gasteiger partial charge in [-0.25, -0.2) is 4.79 Å². The van der Waals surface area contributed by atoms with E-state index < -0.39 is 24.5 Å². The van der Waals surface area contributed by atoms with Crippen molar-refractivity contribution in [3.05, 3.63) is 24.3 Å². The first-order valence-corrected chi connectivity index (χ1v) is 7.12. The smallest absolute Gasteiger partial charge is 0.318 e. The van der Waals surface area contributed by atoms with Crippen LogP contribution in [0.2, 0.25) is 0 Å². The Kier molecular flexibility index (Phi) is 7.98. The molecular weight excluding hydrogens is 304 g/mol. The van der Waals surface area contributed by atoms with Crippen molar-refractivity contribution in [2.75, 3.05) is 19.8 Å². The highest BCUT2D eigenvalue weighted by Gasteiger charge is 2.09. The van der Waals surface area contributed by atoms with E-state index in [2.05, 4.69) is 4.74 Å². The predicted molar refractivity (Wildman–Crippen MR) is 81.0 cm³/mol. The summed E-state index contributed by atoms with van der Waals surface area (Å²) in [5, 5.41) is 1.79. The van der Waals surface area contributed by atoms with E-state index in [1.807, 2.05) is 19.1 Å². The first-order valence-electron chi connectivity index (χ1n) is 7.12. The molecule has 8 heteroatoms. The van der Waals surface area contributed by atoms with Crippen LogP contribution < -0.4 is 20.5 Å². The molecule has 0 saturated carbocycles. The molecule has 0 unspecified atom stereocenters. The average molecular weight is 324 g/mol. The molecule has 0 bridgehead atoms. The number of rotatable bonds is 9. The van der Waals surface area contributed by atoms with E-state index in [9.17, 15) is 14.4 Å². The van der Waals surface area contributed by atoms with Crippen LogP contribution in [-0.4, -0.2) is 37.7 Å². The second kappa shape index (κ2) is 10.0. The highest BCUT2D eigenvalue weighted by Crippen LogP contribution is 2.26. The first kappa shape index (κ1) is 18.3. The number of nitrogens with one attached hydrogen (secondary N) is 1. The molecule has 0 atom stereocenters. The molecule has 8 nitrogen and oxygen atoms in total. The van der Waals surface area contributed by atoms with Crippen LogP contribution in [0.15, 0.2) is 24.3 Å². The van der Waals surface area contributed by atoms with Gasteiger partial charge < -0.3 is 19.9 Å². The molecular formula is C15H20N2O6. The van der Waals surface area contributed by atoms with Gasteiger partial charge in [-0.2, -0.15) is 0 Å². The van der Waals surface area contributed by atoms with Gasteiger partial charge in [-0.15, -0.1) is 0 Å². The van der Waals surface area contributed by atoms with Gasteiger partial charge in [0.25, 0.3) is 5.91 Å². The van der Waals surface area contributed by atoms with Crippen LogP contribution in [0.3, 0.4) is 0 Å². The number of carbonyl (C=O) groups excluding carboxylic acids is 3. The van der Waals surface area contributed by atoms with Gasteiger partial charge in [0.15, 0.2) is 18.1 Å². The molecule has 0 spiro atoms. The Morgan fingerprint density at radius 1 is 1.13 bits per heavy atom. The Labute approximate surface area is 133 Å². The normalized spacial score (nSPS) is 9.78. The van der Waals surface area contributed by atoms with Gasteiger partial charge in [-0.1, -0.05) is 12.1 Å². The summed E-state index contributed by atoms with van der Waals surface area (Å²) in [7, 11) is 0. The molecule has 23 heavy (non-hydrogen) atoms. The van der Waals surface area contributed by atoms with Gasteiger partial charge in [0.2, 0.25) is 0 Å². The number of esters is 1. The standard InChI is InChI=1S/C15H20N2O6/c1-2-21-11-6-3-4-7-12(11)22-9-5-8-14(19)23-10-13(18)17-15(16)20/h3-4,6-7H,2,5,8-10H2,1H3,(H3,16,17,18,20). The van der Waals surface area contributed by atoms with Crippen LogP contribution in [0.5, 0.6) is 11.5 Å². The molecule has 0 heterocycles. The Bertz CT molecular complexity index is 547. The van der Waals surface area contributed by atoms with Gasteiger partial charge in [0, 0.05) is 6.42 Å². The molecule has 1 rings (SSSR count). The third-order valence-corrected chi connectivity index (χ3v) is 2.56. The maximum atomic E-state index is 11.4. The number of imide groups is 1. The van der Waals surface area contributed by atoms with Gasteiger partial charge in [-0.3, -0.25) is 14.9 Å². The quantitative estimate of drug-likeness (QED) is 0.516. The monoisotopic (exact) mass is 324 g/mol. The third-order valence-electron chi connectivity index (χ3n) is 2.56.